The molecule has 0 aliphatic carbocycles. The molecule has 6 bridgehead atoms. The number of hydrogen-bond acceptors (Lipinski definition) is 2. The van der Waals surface area contributed by atoms with Crippen LogP contribution in [0.25, 0.3) is 22.5 Å². The van der Waals surface area contributed by atoms with Gasteiger partial charge in [0.15, 0.2) is 0 Å². The first-order chi connectivity index (χ1) is 10.4. The van der Waals surface area contributed by atoms with Crippen molar-refractivity contribution in [2.45, 2.75) is 12.8 Å². The van der Waals surface area contributed by atoms with Crippen LogP contribution < -0.4 is 0 Å². The number of aromatic nitrogens is 2. The van der Waals surface area contributed by atoms with Gasteiger partial charge in [0.25, 0.3) is 0 Å². The Balaban J connectivity index is 0.00000144. The molecule has 1 aliphatic rings. The van der Waals surface area contributed by atoms with Crippen molar-refractivity contribution in [2.75, 3.05) is 0 Å². The summed E-state index contributed by atoms with van der Waals surface area (Å²) in [6.07, 6.45) is 3.96. The maximum atomic E-state index is 4.73. The maximum absolute atomic E-state index is 4.73. The third-order valence-corrected chi connectivity index (χ3v) is 3.67. The van der Waals surface area contributed by atoms with Gasteiger partial charge in [-0.15, -0.1) is 37.1 Å². The van der Waals surface area contributed by atoms with Crippen molar-refractivity contribution in [1.82, 2.24) is 9.97 Å². The molecule has 0 radical (unpaired) electrons. The van der Waals surface area contributed by atoms with Crippen molar-refractivity contribution in [3.8, 4) is 22.5 Å². The number of fused-ring (bicyclic) bond motifs is 8. The predicted octanol–water partition coefficient (Wildman–Crippen LogP) is 3.91. The second-order valence-electron chi connectivity index (χ2n) is 5.20. The molecule has 0 unspecified atom stereocenters. The van der Waals surface area contributed by atoms with Gasteiger partial charge in [-0.05, 0) is 12.1 Å². The summed E-state index contributed by atoms with van der Waals surface area (Å²) >= 11 is 0. The van der Waals surface area contributed by atoms with Crippen LogP contribution in [0.15, 0.2) is 54.6 Å². The molecule has 3 heteroatoms. The average molecular weight is 465 g/mol. The summed E-state index contributed by atoms with van der Waals surface area (Å²) in [5.41, 5.74) is 6.15. The van der Waals surface area contributed by atoms with Crippen LogP contribution in [-0.4, -0.2) is 9.97 Å². The third-order valence-electron chi connectivity index (χ3n) is 3.67. The van der Waals surface area contributed by atoms with E-state index >= 15 is 0 Å². The van der Waals surface area contributed by atoms with Crippen LogP contribution in [0.4, 0.5) is 0 Å². The number of rotatable bonds is 0. The zero-order chi connectivity index (χ0) is 14.1. The second-order valence-corrected chi connectivity index (χ2v) is 5.20. The van der Waals surface area contributed by atoms with E-state index in [9.17, 15) is 0 Å². The Kier molecular flexibility index (Phi) is 4.49. The van der Waals surface area contributed by atoms with Crippen LogP contribution in [0.5, 0.6) is 0 Å². The fourth-order valence-electron chi connectivity index (χ4n) is 2.62. The fraction of sp³-hybridized carbons (Fsp3) is 0.105. The Labute approximate surface area is 144 Å². The van der Waals surface area contributed by atoms with Gasteiger partial charge in [-0.3, -0.25) is 9.97 Å². The second kappa shape index (κ2) is 6.54. The molecule has 110 valence electrons. The molecular formula is C19H14N2Pt. The van der Waals surface area contributed by atoms with E-state index in [-0.39, 0.29) is 21.1 Å². The van der Waals surface area contributed by atoms with Crippen molar-refractivity contribution in [2.24, 2.45) is 0 Å². The topological polar surface area (TPSA) is 25.8 Å². The van der Waals surface area contributed by atoms with Gasteiger partial charge in [0.05, 0.1) is 0 Å². The summed E-state index contributed by atoms with van der Waals surface area (Å²) in [7, 11) is 0. The van der Waals surface area contributed by atoms with Gasteiger partial charge in [-0.1, -0.05) is 35.4 Å². The number of pyridine rings is 2. The Morgan fingerprint density at radius 2 is 1.23 bits per heavy atom. The van der Waals surface area contributed by atoms with E-state index < -0.39 is 0 Å². The maximum Gasteiger partial charge on any atom is 2.00 e. The molecule has 0 N–H and O–H groups in total. The van der Waals surface area contributed by atoms with Crippen molar-refractivity contribution in [3.63, 3.8) is 0 Å². The molecule has 1 aromatic carbocycles. The van der Waals surface area contributed by atoms with Gasteiger partial charge < -0.3 is 6.42 Å². The molecule has 0 atom stereocenters. The predicted molar refractivity (Wildman–Crippen MR) is 83.4 cm³/mol. The summed E-state index contributed by atoms with van der Waals surface area (Å²) in [6.45, 7) is 0. The van der Waals surface area contributed by atoms with E-state index in [4.69, 9.17) is 9.97 Å². The van der Waals surface area contributed by atoms with Crippen LogP contribution >= 0.6 is 0 Å². The Morgan fingerprint density at radius 1 is 0.727 bits per heavy atom. The SMILES string of the molecule is [Pt+2].[c-]1c2cccc1-c1cccc(n1)C[CH-]Cc1cccc-2n1. The summed E-state index contributed by atoms with van der Waals surface area (Å²) < 4.78 is 0. The van der Waals surface area contributed by atoms with Crippen LogP contribution in [0.3, 0.4) is 0 Å². The summed E-state index contributed by atoms with van der Waals surface area (Å²) in [6, 6.07) is 21.9. The normalized spacial score (nSPS) is 12.5. The molecule has 3 heterocycles. The molecule has 1 aliphatic heterocycles. The van der Waals surface area contributed by atoms with Crippen molar-refractivity contribution < 1.29 is 21.1 Å². The number of benzene rings is 1. The molecule has 0 saturated heterocycles. The summed E-state index contributed by atoms with van der Waals surface area (Å²) in [5, 5.41) is 0. The van der Waals surface area contributed by atoms with E-state index in [2.05, 4.69) is 48.9 Å². The van der Waals surface area contributed by atoms with Crippen molar-refractivity contribution in [3.05, 3.63) is 78.5 Å². The van der Waals surface area contributed by atoms with E-state index in [1.165, 1.54) is 0 Å². The van der Waals surface area contributed by atoms with Gasteiger partial charge in [0.1, 0.15) is 0 Å². The monoisotopic (exact) mass is 465 g/mol. The van der Waals surface area contributed by atoms with Crippen LogP contribution in [0.2, 0.25) is 0 Å². The van der Waals surface area contributed by atoms with Crippen molar-refractivity contribution in [1.29, 1.82) is 0 Å². The molecule has 22 heavy (non-hydrogen) atoms. The first-order valence-electron chi connectivity index (χ1n) is 7.15. The van der Waals surface area contributed by atoms with Gasteiger partial charge in [0.2, 0.25) is 0 Å². The quantitative estimate of drug-likeness (QED) is 0.471. The van der Waals surface area contributed by atoms with Crippen molar-refractivity contribution >= 4 is 0 Å². The van der Waals surface area contributed by atoms with Gasteiger partial charge in [0, 0.05) is 22.8 Å². The zero-order valence-corrected chi connectivity index (χ0v) is 14.2. The van der Waals surface area contributed by atoms with E-state index in [1.807, 2.05) is 18.2 Å². The molecule has 4 rings (SSSR count). The summed E-state index contributed by atoms with van der Waals surface area (Å²) in [4.78, 5) is 9.47. The first-order valence-corrected chi connectivity index (χ1v) is 7.15. The summed E-state index contributed by atoms with van der Waals surface area (Å²) in [5.74, 6) is 0. The van der Waals surface area contributed by atoms with E-state index in [0.717, 1.165) is 46.7 Å². The molecular weight excluding hydrogens is 451 g/mol. The first kappa shape index (κ1) is 15.1. The smallest absolute Gasteiger partial charge is 0.317 e. The molecule has 0 fully saturated rings. The minimum Gasteiger partial charge on any atom is -0.317 e. The minimum atomic E-state index is 0. The number of hydrogen-bond donors (Lipinski definition) is 0. The standard InChI is InChI=1S/C19H14N2.Pt/c1-5-14-13-15(6-1)19-12-4-10-17(21-19)8-2-7-16-9-3-11-18(14)20-16;/h1-6,9-12H,7-8H2;/q-2;+2. The molecule has 0 spiro atoms. The molecule has 2 nitrogen and oxygen atoms in total. The zero-order valence-electron chi connectivity index (χ0n) is 11.9. The Morgan fingerprint density at radius 3 is 1.77 bits per heavy atom. The fourth-order valence-corrected chi connectivity index (χ4v) is 2.62. The van der Waals surface area contributed by atoms with Gasteiger partial charge in [-0.25, -0.2) is 0 Å². The van der Waals surface area contributed by atoms with Crippen LogP contribution in [-0.2, 0) is 33.9 Å². The Bertz CT molecular complexity index is 736. The van der Waals surface area contributed by atoms with Crippen LogP contribution in [0.1, 0.15) is 11.4 Å². The number of nitrogens with zero attached hydrogens (tertiary/aromatic N) is 2. The van der Waals surface area contributed by atoms with Crippen LogP contribution in [0, 0.1) is 12.5 Å². The minimum absolute atomic E-state index is 0. The van der Waals surface area contributed by atoms with E-state index in [1.54, 1.807) is 0 Å². The Hall–Kier alpha value is -1.79. The molecule has 0 amide bonds. The van der Waals surface area contributed by atoms with Gasteiger partial charge >= 0.3 is 21.1 Å². The average Bonchev–Trinajstić information content (AvgIpc) is 2.55. The molecule has 0 saturated carbocycles. The van der Waals surface area contributed by atoms with Gasteiger partial charge in [-0.2, -0.15) is 0 Å². The molecule has 2 aromatic heterocycles. The third kappa shape index (κ3) is 3.03. The van der Waals surface area contributed by atoms with E-state index in [0.29, 0.717) is 0 Å². The largest absolute Gasteiger partial charge is 2.00 e. The molecule has 3 aromatic rings.